The summed E-state index contributed by atoms with van der Waals surface area (Å²) >= 11 is 4.70. The van der Waals surface area contributed by atoms with Gasteiger partial charge in [-0.05, 0) is 11.8 Å². The average molecular weight is 406 g/mol. The van der Waals surface area contributed by atoms with Crippen LogP contribution in [-0.4, -0.2) is 65.3 Å². The van der Waals surface area contributed by atoms with Crippen LogP contribution in [0, 0.1) is 0 Å². The second-order valence-electron chi connectivity index (χ2n) is 4.91. The molecule has 0 aliphatic carbocycles. The molecular formula is C14H22N4O6S2. The molecule has 0 radical (unpaired) electrons. The lowest BCUT2D eigenvalue weighted by atomic mass is 10.1. The van der Waals surface area contributed by atoms with Crippen molar-refractivity contribution in [2.45, 2.75) is 24.9 Å². The van der Waals surface area contributed by atoms with Crippen molar-refractivity contribution in [1.82, 2.24) is 16.0 Å². The maximum atomic E-state index is 12.0. The van der Waals surface area contributed by atoms with E-state index in [1.165, 1.54) is 18.5 Å². The van der Waals surface area contributed by atoms with E-state index in [0.717, 1.165) is 11.8 Å². The number of carboxylic acids is 1. The molecular weight excluding hydrogens is 384 g/mol. The van der Waals surface area contributed by atoms with Gasteiger partial charge in [0.15, 0.2) is 0 Å². The summed E-state index contributed by atoms with van der Waals surface area (Å²) in [6.07, 6.45) is 0.932. The molecule has 0 aromatic carbocycles. The predicted octanol–water partition coefficient (Wildman–Crippen LogP) is -1.77. The summed E-state index contributed by atoms with van der Waals surface area (Å²) in [6.45, 7) is -0.300. The molecule has 146 valence electrons. The molecule has 6 N–H and O–H groups in total. The van der Waals surface area contributed by atoms with Crippen LogP contribution in [0.4, 0.5) is 0 Å². The zero-order valence-corrected chi connectivity index (χ0v) is 15.8. The van der Waals surface area contributed by atoms with Gasteiger partial charge in [-0.2, -0.15) is 12.6 Å². The molecule has 12 heteroatoms. The fraction of sp³-hybridized carbons (Fsp3) is 0.500. The highest BCUT2D eigenvalue weighted by atomic mass is 32.2. The monoisotopic (exact) mass is 406 g/mol. The average Bonchev–Trinajstić information content (AvgIpc) is 2.61. The fourth-order valence-corrected chi connectivity index (χ4v) is 2.21. The van der Waals surface area contributed by atoms with Gasteiger partial charge < -0.3 is 26.8 Å². The first-order valence-corrected chi connectivity index (χ1v) is 8.96. The number of nitrogens with one attached hydrogen (secondary N) is 3. The molecule has 0 heterocycles. The normalized spacial score (nSPS) is 12.9. The second-order valence-corrected chi connectivity index (χ2v) is 6.24. The van der Waals surface area contributed by atoms with Crippen molar-refractivity contribution in [3.63, 3.8) is 0 Å². The topological polar surface area (TPSA) is 168 Å². The highest BCUT2D eigenvalue weighted by Gasteiger charge is 2.21. The third-order valence-corrected chi connectivity index (χ3v) is 3.95. The van der Waals surface area contributed by atoms with E-state index in [-0.39, 0.29) is 31.0 Å². The highest BCUT2D eigenvalue weighted by Crippen LogP contribution is 2.03. The standard InChI is InChI=1S/C14H22N4O6S2/c1-16-10(19)4-5-26-12(21)6-17-13(22)9(7-25)18-11(20)3-2-8(15)14(23)24/h4-5,8-9,25H,2-3,6-7,15H2,1H3,(H,16,19)(H,17,22)(H,18,20)(H,23,24)/b5-4+/t8-,9-/m0/s1. The van der Waals surface area contributed by atoms with Crippen LogP contribution in [0.25, 0.3) is 0 Å². The van der Waals surface area contributed by atoms with Crippen LogP contribution in [-0.2, 0) is 24.0 Å². The van der Waals surface area contributed by atoms with E-state index in [1.54, 1.807) is 0 Å². The van der Waals surface area contributed by atoms with Gasteiger partial charge in [0.05, 0.1) is 6.54 Å². The van der Waals surface area contributed by atoms with Crippen LogP contribution in [0.1, 0.15) is 12.8 Å². The molecule has 10 nitrogen and oxygen atoms in total. The lowest BCUT2D eigenvalue weighted by Gasteiger charge is -2.16. The number of thioether (sulfide) groups is 1. The number of hydrogen-bond acceptors (Lipinski definition) is 8. The number of nitrogens with two attached hydrogens (primary N) is 1. The number of carbonyl (C=O) groups excluding carboxylic acids is 4. The van der Waals surface area contributed by atoms with E-state index < -0.39 is 35.0 Å². The zero-order valence-electron chi connectivity index (χ0n) is 14.1. The van der Waals surface area contributed by atoms with Crippen molar-refractivity contribution in [1.29, 1.82) is 0 Å². The van der Waals surface area contributed by atoms with Gasteiger partial charge in [-0.3, -0.25) is 24.0 Å². The van der Waals surface area contributed by atoms with Crippen LogP contribution in [0.3, 0.4) is 0 Å². The van der Waals surface area contributed by atoms with E-state index in [2.05, 4.69) is 28.6 Å². The molecule has 0 aliphatic heterocycles. The van der Waals surface area contributed by atoms with Crippen molar-refractivity contribution >= 4 is 53.2 Å². The van der Waals surface area contributed by atoms with Gasteiger partial charge >= 0.3 is 5.97 Å². The summed E-state index contributed by atoms with van der Waals surface area (Å²) < 4.78 is 0. The van der Waals surface area contributed by atoms with Gasteiger partial charge in [-0.15, -0.1) is 0 Å². The maximum Gasteiger partial charge on any atom is 0.320 e. The molecule has 0 bridgehead atoms. The highest BCUT2D eigenvalue weighted by molar-refractivity contribution is 8.16. The number of rotatable bonds is 11. The molecule has 0 saturated heterocycles. The Hall–Kier alpha value is -2.05. The van der Waals surface area contributed by atoms with Crippen molar-refractivity contribution in [2.75, 3.05) is 19.3 Å². The molecule has 26 heavy (non-hydrogen) atoms. The number of carbonyl (C=O) groups is 5. The molecule has 0 spiro atoms. The summed E-state index contributed by atoms with van der Waals surface area (Å²) in [4.78, 5) is 56.8. The van der Waals surface area contributed by atoms with Crippen molar-refractivity contribution in [2.24, 2.45) is 5.73 Å². The molecule has 3 amide bonds. The predicted molar refractivity (Wildman–Crippen MR) is 99.4 cm³/mol. The first-order chi connectivity index (χ1) is 12.2. The molecule has 0 aliphatic rings. The zero-order chi connectivity index (χ0) is 20.1. The van der Waals surface area contributed by atoms with Gasteiger partial charge in [0.25, 0.3) is 0 Å². The lowest BCUT2D eigenvalue weighted by molar-refractivity contribution is -0.139. The number of thiol groups is 1. The SMILES string of the molecule is CNC(=O)/C=C/SC(=O)CNC(=O)[C@H](CS)NC(=O)CC[C@H](N)C(=O)O. The Morgan fingerprint density at radius 1 is 1.27 bits per heavy atom. The number of amides is 3. The minimum absolute atomic E-state index is 0.0134. The number of aliphatic carboxylic acids is 1. The van der Waals surface area contributed by atoms with Gasteiger partial charge in [0, 0.05) is 25.3 Å². The Kier molecular flexibility index (Phi) is 12.2. The van der Waals surface area contributed by atoms with Gasteiger partial charge in [0.2, 0.25) is 22.8 Å². The van der Waals surface area contributed by atoms with E-state index in [0.29, 0.717) is 0 Å². The summed E-state index contributed by atoms with van der Waals surface area (Å²) in [5, 5.41) is 16.6. The van der Waals surface area contributed by atoms with E-state index >= 15 is 0 Å². The first-order valence-electron chi connectivity index (χ1n) is 7.45. The van der Waals surface area contributed by atoms with Crippen molar-refractivity contribution in [3.8, 4) is 0 Å². The Bertz CT molecular complexity index is 570. The summed E-state index contributed by atoms with van der Waals surface area (Å²) in [5.41, 5.74) is 5.29. The minimum atomic E-state index is -1.22. The molecule has 0 aromatic heterocycles. The van der Waals surface area contributed by atoms with Crippen LogP contribution in [0.2, 0.25) is 0 Å². The Balaban J connectivity index is 4.29. The molecule has 0 saturated carbocycles. The molecule has 0 unspecified atom stereocenters. The maximum absolute atomic E-state index is 12.0. The van der Waals surface area contributed by atoms with Crippen LogP contribution < -0.4 is 21.7 Å². The summed E-state index contributed by atoms with van der Waals surface area (Å²) in [6, 6.07) is -2.15. The Labute approximate surface area is 160 Å². The second kappa shape index (κ2) is 13.2. The van der Waals surface area contributed by atoms with E-state index in [4.69, 9.17) is 10.8 Å². The van der Waals surface area contributed by atoms with Gasteiger partial charge in [-0.1, -0.05) is 11.8 Å². The van der Waals surface area contributed by atoms with Gasteiger partial charge in [0.1, 0.15) is 12.1 Å². The van der Waals surface area contributed by atoms with Gasteiger partial charge in [-0.25, -0.2) is 0 Å². The summed E-state index contributed by atoms with van der Waals surface area (Å²) in [7, 11) is 1.45. The van der Waals surface area contributed by atoms with E-state index in [1.807, 2.05) is 0 Å². The fourth-order valence-electron chi connectivity index (χ4n) is 1.45. The number of hydrogen-bond donors (Lipinski definition) is 6. The van der Waals surface area contributed by atoms with Crippen LogP contribution in [0.15, 0.2) is 11.5 Å². The number of carboxylic acid groups (broad SMARTS) is 1. The van der Waals surface area contributed by atoms with Crippen molar-refractivity contribution < 1.29 is 29.1 Å². The Morgan fingerprint density at radius 2 is 1.92 bits per heavy atom. The number of likely N-dealkylation sites (N-methyl/N-ethyl adjacent to an activating group) is 1. The summed E-state index contributed by atoms with van der Waals surface area (Å²) in [5.74, 6) is -2.76. The minimum Gasteiger partial charge on any atom is -0.480 e. The molecule has 0 aromatic rings. The van der Waals surface area contributed by atoms with Crippen LogP contribution in [0.5, 0.6) is 0 Å². The van der Waals surface area contributed by atoms with E-state index in [9.17, 15) is 24.0 Å². The third-order valence-electron chi connectivity index (χ3n) is 2.91. The quantitative estimate of drug-likeness (QED) is 0.173. The third kappa shape index (κ3) is 10.7. The van der Waals surface area contributed by atoms with Crippen molar-refractivity contribution in [3.05, 3.63) is 11.5 Å². The molecule has 0 rings (SSSR count). The molecule has 0 fully saturated rings. The lowest BCUT2D eigenvalue weighted by Crippen LogP contribution is -2.49. The largest absolute Gasteiger partial charge is 0.480 e. The first kappa shape index (κ1) is 23.9. The Morgan fingerprint density at radius 3 is 2.46 bits per heavy atom. The smallest absolute Gasteiger partial charge is 0.320 e. The molecule has 2 atom stereocenters. The van der Waals surface area contributed by atoms with Crippen LogP contribution >= 0.6 is 24.4 Å².